The Morgan fingerprint density at radius 3 is 2.23 bits per heavy atom. The van der Waals surface area contributed by atoms with E-state index in [0.29, 0.717) is 19.8 Å². The molecule has 0 fully saturated rings. The number of aliphatic hydroxyl groups is 2. The van der Waals surface area contributed by atoms with Crippen LogP contribution in [0.5, 0.6) is 5.75 Å². The third-order valence-electron chi connectivity index (χ3n) is 3.77. The summed E-state index contributed by atoms with van der Waals surface area (Å²) >= 11 is 0. The van der Waals surface area contributed by atoms with Crippen molar-refractivity contribution in [1.82, 2.24) is 0 Å². The molecule has 5 nitrogen and oxygen atoms in total. The van der Waals surface area contributed by atoms with Crippen molar-refractivity contribution in [3.8, 4) is 5.75 Å². The molecule has 26 heavy (non-hydrogen) atoms. The van der Waals surface area contributed by atoms with E-state index in [0.717, 1.165) is 16.9 Å². The van der Waals surface area contributed by atoms with E-state index in [1.807, 2.05) is 54.6 Å². The quantitative estimate of drug-likeness (QED) is 0.477. The molecule has 2 atom stereocenters. The molecule has 0 unspecified atom stereocenters. The van der Waals surface area contributed by atoms with Gasteiger partial charge in [0.25, 0.3) is 0 Å². The highest BCUT2D eigenvalue weighted by molar-refractivity contribution is 5.26. The summed E-state index contributed by atoms with van der Waals surface area (Å²) in [6.07, 6.45) is 1.23. The Morgan fingerprint density at radius 1 is 0.885 bits per heavy atom. The molecular formula is C21H26O5. The molecule has 0 bridgehead atoms. The van der Waals surface area contributed by atoms with Crippen molar-refractivity contribution in [2.75, 3.05) is 20.3 Å². The monoisotopic (exact) mass is 358 g/mol. The maximum atomic E-state index is 9.93. The predicted molar refractivity (Wildman–Crippen MR) is 99.9 cm³/mol. The highest BCUT2D eigenvalue weighted by atomic mass is 16.5. The molecule has 140 valence electrons. The highest BCUT2D eigenvalue weighted by Gasteiger charge is 2.13. The Labute approximate surface area is 154 Å². The van der Waals surface area contributed by atoms with Crippen LogP contribution in [0.2, 0.25) is 0 Å². The van der Waals surface area contributed by atoms with Crippen LogP contribution in [0.1, 0.15) is 11.1 Å². The fourth-order valence-electron chi connectivity index (χ4n) is 2.26. The van der Waals surface area contributed by atoms with E-state index in [1.54, 1.807) is 13.2 Å². The van der Waals surface area contributed by atoms with Gasteiger partial charge in [-0.1, -0.05) is 54.6 Å². The zero-order valence-electron chi connectivity index (χ0n) is 15.0. The summed E-state index contributed by atoms with van der Waals surface area (Å²) in [4.78, 5) is 0. The molecule has 0 amide bonds. The van der Waals surface area contributed by atoms with Crippen LogP contribution in [0.15, 0.2) is 66.7 Å². The van der Waals surface area contributed by atoms with Crippen molar-refractivity contribution < 1.29 is 24.4 Å². The average Bonchev–Trinajstić information content (AvgIpc) is 2.68. The van der Waals surface area contributed by atoms with Crippen LogP contribution in [0, 0.1) is 0 Å². The van der Waals surface area contributed by atoms with E-state index in [1.165, 1.54) is 6.08 Å². The Hall–Kier alpha value is -2.18. The molecule has 0 aliphatic carbocycles. The van der Waals surface area contributed by atoms with Gasteiger partial charge in [0.05, 0.1) is 33.5 Å². The minimum absolute atomic E-state index is 0.0441. The van der Waals surface area contributed by atoms with Crippen molar-refractivity contribution >= 4 is 0 Å². The largest absolute Gasteiger partial charge is 0.497 e. The summed E-state index contributed by atoms with van der Waals surface area (Å²) in [5, 5.41) is 19.8. The molecule has 2 aromatic carbocycles. The Morgan fingerprint density at radius 2 is 1.54 bits per heavy atom. The number of methoxy groups -OCH3 is 1. The second-order valence-electron chi connectivity index (χ2n) is 5.85. The summed E-state index contributed by atoms with van der Waals surface area (Å²) in [7, 11) is 1.61. The van der Waals surface area contributed by atoms with Crippen LogP contribution in [0.4, 0.5) is 0 Å². The van der Waals surface area contributed by atoms with Crippen molar-refractivity contribution in [3.05, 3.63) is 77.9 Å². The Bertz CT molecular complexity index is 639. The first-order valence-corrected chi connectivity index (χ1v) is 8.54. The highest BCUT2D eigenvalue weighted by Crippen LogP contribution is 2.12. The molecule has 0 aliphatic rings. The van der Waals surface area contributed by atoms with Gasteiger partial charge in [-0.15, -0.1) is 0 Å². The topological polar surface area (TPSA) is 68.2 Å². The maximum absolute atomic E-state index is 9.93. The van der Waals surface area contributed by atoms with Crippen LogP contribution in [-0.4, -0.2) is 42.7 Å². The third kappa shape index (κ3) is 7.37. The molecule has 0 radical (unpaired) electrons. The number of hydrogen-bond donors (Lipinski definition) is 2. The first-order chi connectivity index (χ1) is 12.7. The van der Waals surface area contributed by atoms with Crippen molar-refractivity contribution in [2.24, 2.45) is 0 Å². The molecule has 2 rings (SSSR count). The normalized spacial score (nSPS) is 13.7. The predicted octanol–water partition coefficient (Wildman–Crippen LogP) is 2.71. The SMILES string of the molecule is COc1ccc(COC[C@H](O)[C@@H](O)/C=C/COCc2ccccc2)cc1. The zero-order chi connectivity index (χ0) is 18.6. The van der Waals surface area contributed by atoms with E-state index in [2.05, 4.69) is 0 Å². The summed E-state index contributed by atoms with van der Waals surface area (Å²) in [5.74, 6) is 0.781. The maximum Gasteiger partial charge on any atom is 0.118 e. The minimum Gasteiger partial charge on any atom is -0.497 e. The molecule has 0 aliphatic heterocycles. The molecular weight excluding hydrogens is 332 g/mol. The van der Waals surface area contributed by atoms with Crippen LogP contribution in [-0.2, 0) is 22.7 Å². The molecule has 0 saturated carbocycles. The molecule has 0 aromatic heterocycles. The van der Waals surface area contributed by atoms with E-state index in [-0.39, 0.29) is 6.61 Å². The van der Waals surface area contributed by atoms with E-state index >= 15 is 0 Å². The molecule has 0 saturated heterocycles. The van der Waals surface area contributed by atoms with Gasteiger partial charge in [0.15, 0.2) is 0 Å². The van der Waals surface area contributed by atoms with Crippen molar-refractivity contribution in [3.63, 3.8) is 0 Å². The fourth-order valence-corrected chi connectivity index (χ4v) is 2.26. The summed E-state index contributed by atoms with van der Waals surface area (Å²) in [6, 6.07) is 17.3. The molecule has 0 heterocycles. The van der Waals surface area contributed by atoms with Gasteiger partial charge in [-0.3, -0.25) is 0 Å². The third-order valence-corrected chi connectivity index (χ3v) is 3.77. The Balaban J connectivity index is 1.61. The first-order valence-electron chi connectivity index (χ1n) is 8.54. The lowest BCUT2D eigenvalue weighted by Crippen LogP contribution is -2.28. The van der Waals surface area contributed by atoms with Gasteiger partial charge in [0.1, 0.15) is 18.0 Å². The number of benzene rings is 2. The lowest BCUT2D eigenvalue weighted by molar-refractivity contribution is -0.0250. The number of aliphatic hydroxyl groups excluding tert-OH is 2. The second kappa shape index (κ2) is 11.4. The lowest BCUT2D eigenvalue weighted by Gasteiger charge is -2.15. The van der Waals surface area contributed by atoms with Gasteiger partial charge in [0.2, 0.25) is 0 Å². The second-order valence-corrected chi connectivity index (χ2v) is 5.85. The van der Waals surface area contributed by atoms with Crippen molar-refractivity contribution in [2.45, 2.75) is 25.4 Å². The fraction of sp³-hybridized carbons (Fsp3) is 0.333. The van der Waals surface area contributed by atoms with Crippen LogP contribution >= 0.6 is 0 Å². The van der Waals surface area contributed by atoms with E-state index < -0.39 is 12.2 Å². The smallest absolute Gasteiger partial charge is 0.118 e. The number of ether oxygens (including phenoxy) is 3. The molecule has 0 spiro atoms. The summed E-state index contributed by atoms with van der Waals surface area (Å²) in [6.45, 7) is 1.28. The molecule has 2 N–H and O–H groups in total. The van der Waals surface area contributed by atoms with Gasteiger partial charge in [-0.2, -0.15) is 0 Å². The average molecular weight is 358 g/mol. The number of hydrogen-bond acceptors (Lipinski definition) is 5. The van der Waals surface area contributed by atoms with Crippen LogP contribution in [0.25, 0.3) is 0 Å². The molecule has 2 aromatic rings. The number of rotatable bonds is 11. The van der Waals surface area contributed by atoms with Gasteiger partial charge < -0.3 is 24.4 Å². The van der Waals surface area contributed by atoms with E-state index in [4.69, 9.17) is 14.2 Å². The van der Waals surface area contributed by atoms with Crippen LogP contribution in [0.3, 0.4) is 0 Å². The summed E-state index contributed by atoms with van der Waals surface area (Å²) in [5.41, 5.74) is 2.06. The zero-order valence-corrected chi connectivity index (χ0v) is 15.0. The molecule has 5 heteroatoms. The van der Waals surface area contributed by atoms with Gasteiger partial charge in [-0.05, 0) is 23.3 Å². The van der Waals surface area contributed by atoms with Gasteiger partial charge >= 0.3 is 0 Å². The van der Waals surface area contributed by atoms with Crippen molar-refractivity contribution in [1.29, 1.82) is 0 Å². The van der Waals surface area contributed by atoms with E-state index in [9.17, 15) is 10.2 Å². The minimum atomic E-state index is -0.994. The standard InChI is InChI=1S/C21H26O5/c1-24-19-11-9-18(10-12-19)15-26-16-21(23)20(22)8-5-13-25-14-17-6-3-2-4-7-17/h2-12,20-23H,13-16H2,1H3/b8-5+/t20-,21-/m0/s1. The summed E-state index contributed by atoms with van der Waals surface area (Å²) < 4.78 is 16.0. The van der Waals surface area contributed by atoms with Crippen LogP contribution < -0.4 is 4.74 Å². The first kappa shape index (κ1) is 20.1. The Kier molecular flexibility index (Phi) is 8.86. The lowest BCUT2D eigenvalue weighted by atomic mass is 10.2. The van der Waals surface area contributed by atoms with Gasteiger partial charge in [0, 0.05) is 0 Å². The van der Waals surface area contributed by atoms with Gasteiger partial charge in [-0.25, -0.2) is 0 Å².